The summed E-state index contributed by atoms with van der Waals surface area (Å²) in [5, 5.41) is 3.20. The quantitative estimate of drug-likeness (QED) is 0.533. The van der Waals surface area contributed by atoms with Crippen molar-refractivity contribution < 1.29 is 28.6 Å². The molecule has 0 bridgehead atoms. The van der Waals surface area contributed by atoms with Crippen LogP contribution in [-0.2, 0) is 19.0 Å². The number of carbonyl (C=O) groups is 3. The standard InChI is InChI=1S/C19H27NO6S/c1-4-25-18(22)14-12(2)15(19(23)26-11-10-24-3)27-17(14)20-16(21)13-8-6-5-7-9-13/h13H,4-11H2,1-3H3,(H,20,21). The molecule has 7 nitrogen and oxygen atoms in total. The number of carbonyl (C=O) groups excluding carboxylic acids is 3. The molecule has 1 aliphatic carbocycles. The van der Waals surface area contributed by atoms with Crippen molar-refractivity contribution in [3.05, 3.63) is 16.0 Å². The SMILES string of the molecule is CCOC(=O)c1c(NC(=O)C2CCCCC2)sc(C(=O)OCCOC)c1C. The van der Waals surface area contributed by atoms with Gasteiger partial charge < -0.3 is 19.5 Å². The molecule has 1 fully saturated rings. The largest absolute Gasteiger partial charge is 0.462 e. The molecule has 0 aliphatic heterocycles. The van der Waals surface area contributed by atoms with E-state index in [0.29, 0.717) is 10.6 Å². The zero-order valence-electron chi connectivity index (χ0n) is 16.1. The van der Waals surface area contributed by atoms with Crippen LogP contribution < -0.4 is 5.32 Å². The summed E-state index contributed by atoms with van der Waals surface area (Å²) >= 11 is 1.05. The lowest BCUT2D eigenvalue weighted by Crippen LogP contribution is -2.25. The van der Waals surface area contributed by atoms with Crippen LogP contribution in [0.15, 0.2) is 0 Å². The van der Waals surface area contributed by atoms with Gasteiger partial charge in [-0.3, -0.25) is 4.79 Å². The maximum atomic E-state index is 12.6. The van der Waals surface area contributed by atoms with Crippen LogP contribution in [0.4, 0.5) is 5.00 Å². The van der Waals surface area contributed by atoms with Crippen LogP contribution in [0.3, 0.4) is 0 Å². The predicted octanol–water partition coefficient (Wildman–Crippen LogP) is 3.56. The average molecular weight is 397 g/mol. The molecular weight excluding hydrogens is 370 g/mol. The van der Waals surface area contributed by atoms with E-state index in [1.54, 1.807) is 13.8 Å². The molecule has 1 aromatic heterocycles. The normalized spacial score (nSPS) is 14.6. The highest BCUT2D eigenvalue weighted by Crippen LogP contribution is 2.35. The Morgan fingerprint density at radius 2 is 1.78 bits per heavy atom. The van der Waals surface area contributed by atoms with E-state index in [9.17, 15) is 14.4 Å². The van der Waals surface area contributed by atoms with E-state index in [4.69, 9.17) is 14.2 Å². The van der Waals surface area contributed by atoms with Crippen LogP contribution in [0, 0.1) is 12.8 Å². The molecule has 1 N–H and O–H groups in total. The molecule has 27 heavy (non-hydrogen) atoms. The minimum absolute atomic E-state index is 0.0618. The summed E-state index contributed by atoms with van der Waals surface area (Å²) in [6.45, 7) is 3.97. The van der Waals surface area contributed by atoms with Crippen molar-refractivity contribution >= 4 is 34.2 Å². The Hall–Kier alpha value is -1.93. The molecule has 1 saturated carbocycles. The van der Waals surface area contributed by atoms with E-state index in [1.807, 2.05) is 0 Å². The monoisotopic (exact) mass is 397 g/mol. The zero-order chi connectivity index (χ0) is 19.8. The van der Waals surface area contributed by atoms with Gasteiger partial charge >= 0.3 is 11.9 Å². The fraction of sp³-hybridized carbons (Fsp3) is 0.632. The van der Waals surface area contributed by atoms with Gasteiger partial charge in [0, 0.05) is 13.0 Å². The second-order valence-corrected chi connectivity index (χ2v) is 7.45. The average Bonchev–Trinajstić information content (AvgIpc) is 2.98. The Labute approximate surface area is 163 Å². The first-order valence-electron chi connectivity index (χ1n) is 9.27. The van der Waals surface area contributed by atoms with E-state index >= 15 is 0 Å². The molecule has 1 amide bonds. The lowest BCUT2D eigenvalue weighted by molar-refractivity contribution is -0.120. The number of thiophene rings is 1. The fourth-order valence-corrected chi connectivity index (χ4v) is 4.20. The van der Waals surface area contributed by atoms with Crippen molar-refractivity contribution in [3.8, 4) is 0 Å². The number of ether oxygens (including phenoxy) is 3. The van der Waals surface area contributed by atoms with Gasteiger partial charge in [0.05, 0.1) is 18.8 Å². The Morgan fingerprint density at radius 1 is 1.07 bits per heavy atom. The molecule has 1 aromatic rings. The van der Waals surface area contributed by atoms with Gasteiger partial charge in [-0.1, -0.05) is 19.3 Å². The molecule has 0 aromatic carbocycles. The molecule has 0 unspecified atom stereocenters. The summed E-state index contributed by atoms with van der Waals surface area (Å²) in [6, 6.07) is 0. The summed E-state index contributed by atoms with van der Waals surface area (Å²) in [5.41, 5.74) is 0.685. The van der Waals surface area contributed by atoms with Crippen LogP contribution in [0.2, 0.25) is 0 Å². The number of hydrogen-bond donors (Lipinski definition) is 1. The first-order valence-corrected chi connectivity index (χ1v) is 10.1. The van der Waals surface area contributed by atoms with Gasteiger partial charge in [-0.05, 0) is 32.3 Å². The van der Waals surface area contributed by atoms with E-state index in [0.717, 1.165) is 43.4 Å². The van der Waals surface area contributed by atoms with Gasteiger partial charge in [-0.15, -0.1) is 11.3 Å². The molecule has 0 atom stereocenters. The molecule has 1 heterocycles. The zero-order valence-corrected chi connectivity index (χ0v) is 16.9. The van der Waals surface area contributed by atoms with Crippen LogP contribution in [0.1, 0.15) is 64.6 Å². The molecule has 0 spiro atoms. The van der Waals surface area contributed by atoms with Gasteiger partial charge in [-0.25, -0.2) is 9.59 Å². The highest BCUT2D eigenvalue weighted by molar-refractivity contribution is 7.18. The highest BCUT2D eigenvalue weighted by Gasteiger charge is 2.29. The number of esters is 2. The molecule has 8 heteroatoms. The smallest absolute Gasteiger partial charge is 0.348 e. The Balaban J connectivity index is 2.24. The van der Waals surface area contributed by atoms with Crippen molar-refractivity contribution in [2.75, 3.05) is 32.2 Å². The maximum Gasteiger partial charge on any atom is 0.348 e. The van der Waals surface area contributed by atoms with E-state index < -0.39 is 11.9 Å². The van der Waals surface area contributed by atoms with E-state index in [2.05, 4.69) is 5.32 Å². The van der Waals surface area contributed by atoms with Gasteiger partial charge in [0.15, 0.2) is 0 Å². The maximum absolute atomic E-state index is 12.6. The number of amides is 1. The summed E-state index contributed by atoms with van der Waals surface area (Å²) in [6.07, 6.45) is 4.90. The third-order valence-corrected chi connectivity index (χ3v) is 5.73. The minimum Gasteiger partial charge on any atom is -0.462 e. The number of anilines is 1. The highest BCUT2D eigenvalue weighted by atomic mass is 32.1. The Morgan fingerprint density at radius 3 is 2.41 bits per heavy atom. The molecule has 0 radical (unpaired) electrons. The van der Waals surface area contributed by atoms with Crippen molar-refractivity contribution in [2.45, 2.75) is 46.0 Å². The van der Waals surface area contributed by atoms with Crippen LogP contribution in [0.5, 0.6) is 0 Å². The van der Waals surface area contributed by atoms with Crippen LogP contribution in [0.25, 0.3) is 0 Å². The second-order valence-electron chi connectivity index (χ2n) is 6.43. The predicted molar refractivity (Wildman–Crippen MR) is 102 cm³/mol. The van der Waals surface area contributed by atoms with Crippen molar-refractivity contribution in [1.82, 2.24) is 0 Å². The van der Waals surface area contributed by atoms with Gasteiger partial charge in [0.1, 0.15) is 16.5 Å². The van der Waals surface area contributed by atoms with Crippen LogP contribution >= 0.6 is 11.3 Å². The number of rotatable bonds is 8. The lowest BCUT2D eigenvalue weighted by atomic mass is 9.89. The Bertz CT molecular complexity index is 678. The first kappa shape index (κ1) is 21.4. The molecule has 1 aliphatic rings. The summed E-state index contributed by atoms with van der Waals surface area (Å²) < 4.78 is 15.1. The third-order valence-electron chi connectivity index (χ3n) is 4.55. The fourth-order valence-electron chi connectivity index (χ4n) is 3.11. The molecule has 0 saturated heterocycles. The van der Waals surface area contributed by atoms with Gasteiger partial charge in [0.2, 0.25) is 5.91 Å². The lowest BCUT2D eigenvalue weighted by Gasteiger charge is -2.20. The Kier molecular flexibility index (Phi) is 8.24. The number of methoxy groups -OCH3 is 1. The molecule has 2 rings (SSSR count). The summed E-state index contributed by atoms with van der Waals surface area (Å²) in [4.78, 5) is 37.6. The van der Waals surface area contributed by atoms with Crippen LogP contribution in [-0.4, -0.2) is 44.8 Å². The summed E-state index contributed by atoms with van der Waals surface area (Å²) in [5.74, 6) is -1.27. The molecule has 150 valence electrons. The van der Waals surface area contributed by atoms with E-state index in [1.165, 1.54) is 7.11 Å². The van der Waals surface area contributed by atoms with Crippen molar-refractivity contribution in [3.63, 3.8) is 0 Å². The number of nitrogens with one attached hydrogen (secondary N) is 1. The second kappa shape index (κ2) is 10.4. The number of hydrogen-bond acceptors (Lipinski definition) is 7. The summed E-state index contributed by atoms with van der Waals surface area (Å²) in [7, 11) is 1.52. The van der Waals surface area contributed by atoms with Crippen molar-refractivity contribution in [1.29, 1.82) is 0 Å². The van der Waals surface area contributed by atoms with Gasteiger partial charge in [-0.2, -0.15) is 0 Å². The third kappa shape index (κ3) is 5.52. The van der Waals surface area contributed by atoms with E-state index in [-0.39, 0.29) is 42.1 Å². The molecular formula is C19H27NO6S. The first-order chi connectivity index (χ1) is 13.0. The van der Waals surface area contributed by atoms with Gasteiger partial charge in [0.25, 0.3) is 0 Å². The van der Waals surface area contributed by atoms with Crippen molar-refractivity contribution in [2.24, 2.45) is 5.92 Å². The minimum atomic E-state index is -0.555. The topological polar surface area (TPSA) is 90.9 Å².